The lowest BCUT2D eigenvalue weighted by Crippen LogP contribution is -2.46. The zero-order valence-corrected chi connectivity index (χ0v) is 22.8. The second kappa shape index (κ2) is 10.8. The molecule has 1 aromatic heterocycles. The Hall–Kier alpha value is -3.04. The lowest BCUT2D eigenvalue weighted by Gasteiger charge is -2.40. The first-order chi connectivity index (χ1) is 18.7. The standard InChI is InChI=1S/C29H28Cl2FN3O4/c1-17(37)34-11-3-2-4-26(34)24(16-36)18-12-23-27(25(32)13-18)29(35(39)28(23)38,19-5-7-20(30)8-6-19)14-22-10-9-21(31)15-33-22/h5-10,12-13,15,24,26,36,39H,2-4,11,14,16H2,1H3. The summed E-state index contributed by atoms with van der Waals surface area (Å²) < 4.78 is 16.3. The van der Waals surface area contributed by atoms with Gasteiger partial charge in [0.2, 0.25) is 5.91 Å². The van der Waals surface area contributed by atoms with Crippen molar-refractivity contribution < 1.29 is 24.3 Å². The lowest BCUT2D eigenvalue weighted by atomic mass is 9.77. The van der Waals surface area contributed by atoms with E-state index < -0.39 is 23.2 Å². The van der Waals surface area contributed by atoms with Crippen LogP contribution in [0.4, 0.5) is 4.39 Å². The van der Waals surface area contributed by atoms with E-state index in [4.69, 9.17) is 23.2 Å². The monoisotopic (exact) mass is 571 g/mol. The maximum atomic E-state index is 16.3. The van der Waals surface area contributed by atoms with Crippen LogP contribution in [-0.4, -0.2) is 56.3 Å². The normalized spacial score (nSPS) is 21.7. The SMILES string of the molecule is CC(=O)N1CCCCC1C(CO)c1cc(F)c2c(c1)C(=O)N(O)C2(Cc1ccc(Cl)cn1)c1ccc(Cl)cc1. The molecule has 3 aromatic rings. The Balaban J connectivity index is 1.67. The molecule has 3 unspecified atom stereocenters. The summed E-state index contributed by atoms with van der Waals surface area (Å²) in [7, 11) is 0. The Morgan fingerprint density at radius 3 is 2.51 bits per heavy atom. The number of benzene rings is 2. The quantitative estimate of drug-likeness (QED) is 0.390. The van der Waals surface area contributed by atoms with Gasteiger partial charge in [0.25, 0.3) is 5.91 Å². The van der Waals surface area contributed by atoms with Gasteiger partial charge in [-0.3, -0.25) is 19.8 Å². The fourth-order valence-corrected chi connectivity index (χ4v) is 6.31. The molecule has 2 aromatic carbocycles. The van der Waals surface area contributed by atoms with E-state index in [0.717, 1.165) is 12.8 Å². The number of nitrogens with zero attached hydrogens (tertiary/aromatic N) is 3. The highest BCUT2D eigenvalue weighted by molar-refractivity contribution is 6.30. The third-order valence-corrected chi connectivity index (χ3v) is 8.38. The van der Waals surface area contributed by atoms with Gasteiger partial charge >= 0.3 is 0 Å². The van der Waals surface area contributed by atoms with E-state index in [1.54, 1.807) is 41.3 Å². The molecule has 0 radical (unpaired) electrons. The molecule has 2 aliphatic rings. The predicted octanol–water partition coefficient (Wildman–Crippen LogP) is 5.34. The van der Waals surface area contributed by atoms with Crippen LogP contribution in [-0.2, 0) is 16.8 Å². The molecule has 1 saturated heterocycles. The number of hydrogen-bond donors (Lipinski definition) is 2. The minimum absolute atomic E-state index is 0.00146. The molecule has 39 heavy (non-hydrogen) atoms. The van der Waals surface area contributed by atoms with Crippen LogP contribution < -0.4 is 0 Å². The number of likely N-dealkylation sites (tertiary alicyclic amines) is 1. The number of rotatable bonds is 6. The Bertz CT molecular complexity index is 1400. The second-order valence-corrected chi connectivity index (χ2v) is 11.0. The summed E-state index contributed by atoms with van der Waals surface area (Å²) in [6, 6.07) is 12.3. The number of carbonyl (C=O) groups excluding carboxylic acids is 2. The molecular formula is C29H28Cl2FN3O4. The predicted molar refractivity (Wildman–Crippen MR) is 144 cm³/mol. The maximum absolute atomic E-state index is 16.3. The minimum Gasteiger partial charge on any atom is -0.396 e. The van der Waals surface area contributed by atoms with Crippen LogP contribution in [0.5, 0.6) is 0 Å². The van der Waals surface area contributed by atoms with Gasteiger partial charge in [-0.05, 0) is 66.8 Å². The minimum atomic E-state index is -1.63. The number of amides is 2. The topological polar surface area (TPSA) is 94.0 Å². The average Bonchev–Trinajstić information content (AvgIpc) is 3.14. The molecule has 10 heteroatoms. The highest BCUT2D eigenvalue weighted by atomic mass is 35.5. The Kier molecular flexibility index (Phi) is 7.66. The van der Waals surface area contributed by atoms with Gasteiger partial charge in [0.15, 0.2) is 0 Å². The van der Waals surface area contributed by atoms with Crippen molar-refractivity contribution in [1.82, 2.24) is 14.9 Å². The van der Waals surface area contributed by atoms with Crippen molar-refractivity contribution in [2.75, 3.05) is 13.2 Å². The number of piperidine rings is 1. The van der Waals surface area contributed by atoms with Crippen molar-refractivity contribution in [3.05, 3.63) is 98.5 Å². The van der Waals surface area contributed by atoms with Crippen LogP contribution >= 0.6 is 23.2 Å². The van der Waals surface area contributed by atoms with Crippen LogP contribution in [0, 0.1) is 5.82 Å². The number of fused-ring (bicyclic) bond motifs is 1. The Morgan fingerprint density at radius 2 is 1.87 bits per heavy atom. The third-order valence-electron chi connectivity index (χ3n) is 7.90. The fraction of sp³-hybridized carbons (Fsp3) is 0.345. The van der Waals surface area contributed by atoms with Crippen LogP contribution in [0.2, 0.25) is 10.0 Å². The summed E-state index contributed by atoms with van der Waals surface area (Å²) in [6.07, 6.45) is 3.78. The molecule has 0 bridgehead atoms. The summed E-state index contributed by atoms with van der Waals surface area (Å²) in [5.41, 5.74) is -0.332. The second-order valence-electron chi connectivity index (χ2n) is 10.1. The lowest BCUT2D eigenvalue weighted by molar-refractivity contribution is -0.133. The molecule has 3 atom stereocenters. The molecule has 0 spiro atoms. The van der Waals surface area contributed by atoms with Gasteiger partial charge in [-0.2, -0.15) is 0 Å². The van der Waals surface area contributed by atoms with E-state index in [0.29, 0.717) is 44.9 Å². The first kappa shape index (κ1) is 27.5. The number of halogens is 3. The van der Waals surface area contributed by atoms with E-state index >= 15 is 4.39 Å². The van der Waals surface area contributed by atoms with Crippen LogP contribution in [0.25, 0.3) is 0 Å². The highest BCUT2D eigenvalue weighted by Crippen LogP contribution is 2.48. The fourth-order valence-electron chi connectivity index (χ4n) is 6.07. The van der Waals surface area contributed by atoms with E-state index in [9.17, 15) is 19.9 Å². The van der Waals surface area contributed by atoms with Crippen molar-refractivity contribution in [3.8, 4) is 0 Å². The Morgan fingerprint density at radius 1 is 1.15 bits per heavy atom. The largest absolute Gasteiger partial charge is 0.396 e. The van der Waals surface area contributed by atoms with Crippen LogP contribution in [0.15, 0.2) is 54.7 Å². The summed E-state index contributed by atoms with van der Waals surface area (Å²) in [4.78, 5) is 31.9. The number of hydroxylamine groups is 2. The molecule has 3 heterocycles. The molecule has 1 fully saturated rings. The third kappa shape index (κ3) is 4.80. The van der Waals surface area contributed by atoms with Crippen LogP contribution in [0.1, 0.15) is 64.8 Å². The van der Waals surface area contributed by atoms with Gasteiger partial charge in [0, 0.05) is 54.3 Å². The smallest absolute Gasteiger partial charge is 0.278 e. The van der Waals surface area contributed by atoms with Gasteiger partial charge in [0.05, 0.1) is 17.2 Å². The van der Waals surface area contributed by atoms with Crippen molar-refractivity contribution in [2.45, 2.75) is 50.1 Å². The number of carbonyl (C=O) groups is 2. The first-order valence-corrected chi connectivity index (χ1v) is 13.5. The van der Waals surface area contributed by atoms with Gasteiger partial charge in [0.1, 0.15) is 11.4 Å². The van der Waals surface area contributed by atoms with Crippen molar-refractivity contribution in [1.29, 1.82) is 0 Å². The summed E-state index contributed by atoms with van der Waals surface area (Å²) in [5, 5.41) is 23.2. The number of aliphatic hydroxyl groups excluding tert-OH is 1. The van der Waals surface area contributed by atoms with E-state index in [-0.39, 0.29) is 36.1 Å². The van der Waals surface area contributed by atoms with Crippen molar-refractivity contribution in [3.63, 3.8) is 0 Å². The van der Waals surface area contributed by atoms with Crippen LogP contribution in [0.3, 0.4) is 0 Å². The van der Waals surface area contributed by atoms with Gasteiger partial charge in [-0.15, -0.1) is 0 Å². The summed E-state index contributed by atoms with van der Waals surface area (Å²) in [6.45, 7) is 1.70. The van der Waals surface area contributed by atoms with E-state index in [2.05, 4.69) is 4.98 Å². The molecule has 5 rings (SSSR count). The molecule has 2 N–H and O–H groups in total. The molecule has 0 aliphatic carbocycles. The van der Waals surface area contributed by atoms with Crippen molar-refractivity contribution >= 4 is 35.0 Å². The highest BCUT2D eigenvalue weighted by Gasteiger charge is 2.53. The van der Waals surface area contributed by atoms with E-state index in [1.165, 1.54) is 25.3 Å². The van der Waals surface area contributed by atoms with Gasteiger partial charge in [-0.25, -0.2) is 9.45 Å². The molecule has 204 valence electrons. The zero-order chi connectivity index (χ0) is 27.9. The molecule has 2 amide bonds. The molecule has 7 nitrogen and oxygen atoms in total. The molecule has 2 aliphatic heterocycles. The molecular weight excluding hydrogens is 544 g/mol. The number of pyridine rings is 1. The molecule has 0 saturated carbocycles. The number of hydrogen-bond acceptors (Lipinski definition) is 5. The summed E-state index contributed by atoms with van der Waals surface area (Å²) in [5.74, 6) is -2.20. The van der Waals surface area contributed by atoms with Crippen molar-refractivity contribution in [2.24, 2.45) is 0 Å². The Labute approximate surface area is 235 Å². The first-order valence-electron chi connectivity index (χ1n) is 12.8. The average molecular weight is 572 g/mol. The van der Waals surface area contributed by atoms with E-state index in [1.807, 2.05) is 0 Å². The van der Waals surface area contributed by atoms with Gasteiger partial charge < -0.3 is 10.0 Å². The summed E-state index contributed by atoms with van der Waals surface area (Å²) >= 11 is 12.1. The number of aliphatic hydroxyl groups is 1. The number of aromatic nitrogens is 1. The zero-order valence-electron chi connectivity index (χ0n) is 21.3. The maximum Gasteiger partial charge on any atom is 0.278 e. The van der Waals surface area contributed by atoms with Gasteiger partial charge in [-0.1, -0.05) is 35.3 Å².